The van der Waals surface area contributed by atoms with Crippen LogP contribution in [0.2, 0.25) is 0 Å². The normalized spacial score (nSPS) is 16.8. The van der Waals surface area contributed by atoms with Crippen LogP contribution >= 0.6 is 0 Å². The highest BCUT2D eigenvalue weighted by molar-refractivity contribution is 7.89. The van der Waals surface area contributed by atoms with Gasteiger partial charge < -0.3 is 5.32 Å². The van der Waals surface area contributed by atoms with E-state index in [0.29, 0.717) is 23.9 Å². The Morgan fingerprint density at radius 2 is 2.05 bits per heavy atom. The molecule has 0 bridgehead atoms. The SMILES string of the molecule is CNCc1n[nH]c(C)c1S(=O)(=O)NC(C)(C)C1CC1. The highest BCUT2D eigenvalue weighted by Crippen LogP contribution is 2.40. The lowest BCUT2D eigenvalue weighted by molar-refractivity contribution is 0.400. The molecule has 1 fully saturated rings. The molecule has 0 spiro atoms. The molecule has 0 aromatic carbocycles. The lowest BCUT2D eigenvalue weighted by atomic mass is 10.0. The van der Waals surface area contributed by atoms with Crippen molar-refractivity contribution < 1.29 is 8.42 Å². The van der Waals surface area contributed by atoms with E-state index in [4.69, 9.17) is 0 Å². The smallest absolute Gasteiger partial charge is 0.244 e. The van der Waals surface area contributed by atoms with Crippen LogP contribution in [-0.4, -0.2) is 31.2 Å². The summed E-state index contributed by atoms with van der Waals surface area (Å²) in [6.45, 7) is 6.03. The molecular weight excluding hydrogens is 264 g/mol. The van der Waals surface area contributed by atoms with E-state index in [2.05, 4.69) is 20.2 Å². The third kappa shape index (κ3) is 2.98. The average molecular weight is 286 g/mol. The van der Waals surface area contributed by atoms with Crippen molar-refractivity contribution in [3.05, 3.63) is 11.4 Å². The van der Waals surface area contributed by atoms with Crippen LogP contribution in [0.1, 0.15) is 38.1 Å². The average Bonchev–Trinajstić information content (AvgIpc) is 3.04. The Morgan fingerprint density at radius 3 is 2.58 bits per heavy atom. The van der Waals surface area contributed by atoms with Gasteiger partial charge in [-0.1, -0.05) is 0 Å². The summed E-state index contributed by atoms with van der Waals surface area (Å²) >= 11 is 0. The van der Waals surface area contributed by atoms with Gasteiger partial charge in [-0.3, -0.25) is 5.10 Å². The van der Waals surface area contributed by atoms with Gasteiger partial charge in [0.05, 0.1) is 11.4 Å². The monoisotopic (exact) mass is 286 g/mol. The lowest BCUT2D eigenvalue weighted by Crippen LogP contribution is -2.45. The molecule has 0 unspecified atom stereocenters. The van der Waals surface area contributed by atoms with Crippen molar-refractivity contribution in [1.82, 2.24) is 20.2 Å². The standard InChI is InChI=1S/C12H22N4O2S/c1-8-11(10(7-13-4)15-14-8)19(17,18)16-12(2,3)9-5-6-9/h9,13,16H,5-7H2,1-4H3,(H,14,15). The third-order valence-electron chi connectivity index (χ3n) is 3.57. The molecule has 1 heterocycles. The minimum Gasteiger partial charge on any atom is -0.314 e. The van der Waals surface area contributed by atoms with Crippen molar-refractivity contribution >= 4 is 10.0 Å². The quantitative estimate of drug-likeness (QED) is 0.725. The molecule has 2 rings (SSSR count). The number of nitrogens with one attached hydrogen (secondary N) is 3. The predicted molar refractivity (Wildman–Crippen MR) is 73.2 cm³/mol. The molecule has 0 radical (unpaired) electrons. The molecule has 6 nitrogen and oxygen atoms in total. The number of sulfonamides is 1. The highest BCUT2D eigenvalue weighted by Gasteiger charge is 2.41. The molecule has 0 aliphatic heterocycles. The number of aromatic nitrogens is 2. The maximum Gasteiger partial charge on any atom is 0.244 e. The molecule has 7 heteroatoms. The van der Waals surface area contributed by atoms with Crippen LogP contribution in [0.15, 0.2) is 4.90 Å². The van der Waals surface area contributed by atoms with Gasteiger partial charge in [0.1, 0.15) is 4.90 Å². The van der Waals surface area contributed by atoms with E-state index in [-0.39, 0.29) is 4.90 Å². The summed E-state index contributed by atoms with van der Waals surface area (Å²) in [6.07, 6.45) is 2.17. The van der Waals surface area contributed by atoms with Gasteiger partial charge in [-0.2, -0.15) is 5.10 Å². The fraction of sp³-hybridized carbons (Fsp3) is 0.750. The van der Waals surface area contributed by atoms with E-state index < -0.39 is 15.6 Å². The molecule has 1 saturated carbocycles. The number of aryl methyl sites for hydroxylation is 1. The Balaban J connectivity index is 2.31. The number of nitrogens with zero attached hydrogens (tertiary/aromatic N) is 1. The molecule has 0 amide bonds. The molecule has 108 valence electrons. The summed E-state index contributed by atoms with van der Waals surface area (Å²) in [4.78, 5) is 0.274. The summed E-state index contributed by atoms with van der Waals surface area (Å²) in [5, 5.41) is 9.74. The zero-order valence-electron chi connectivity index (χ0n) is 11.9. The number of H-pyrrole nitrogens is 1. The second-order valence-electron chi connectivity index (χ2n) is 5.76. The highest BCUT2D eigenvalue weighted by atomic mass is 32.2. The van der Waals surface area contributed by atoms with E-state index in [9.17, 15) is 8.42 Å². The van der Waals surface area contributed by atoms with Gasteiger partial charge >= 0.3 is 0 Å². The Hall–Kier alpha value is -0.920. The first-order valence-corrected chi connectivity index (χ1v) is 7.98. The molecule has 1 aromatic heterocycles. The Morgan fingerprint density at radius 1 is 1.42 bits per heavy atom. The van der Waals surface area contributed by atoms with Crippen molar-refractivity contribution in [3.63, 3.8) is 0 Å². The largest absolute Gasteiger partial charge is 0.314 e. The van der Waals surface area contributed by atoms with Gasteiger partial charge in [0, 0.05) is 12.1 Å². The van der Waals surface area contributed by atoms with Crippen LogP contribution in [0.4, 0.5) is 0 Å². The maximum atomic E-state index is 12.6. The second-order valence-corrected chi connectivity index (χ2v) is 7.38. The molecule has 1 aliphatic carbocycles. The first-order chi connectivity index (χ1) is 8.78. The van der Waals surface area contributed by atoms with Gasteiger partial charge in [0.2, 0.25) is 10.0 Å². The van der Waals surface area contributed by atoms with Gasteiger partial charge in [0.15, 0.2) is 0 Å². The number of hydrogen-bond donors (Lipinski definition) is 3. The molecule has 0 saturated heterocycles. The van der Waals surface area contributed by atoms with Gasteiger partial charge in [0.25, 0.3) is 0 Å². The summed E-state index contributed by atoms with van der Waals surface area (Å²) < 4.78 is 27.9. The van der Waals surface area contributed by atoms with Crippen molar-refractivity contribution in [2.75, 3.05) is 7.05 Å². The van der Waals surface area contributed by atoms with Gasteiger partial charge in [-0.15, -0.1) is 0 Å². The second kappa shape index (κ2) is 4.88. The van der Waals surface area contributed by atoms with Crippen molar-refractivity contribution in [2.45, 2.75) is 50.6 Å². The molecule has 0 atom stereocenters. The van der Waals surface area contributed by atoms with Crippen molar-refractivity contribution in [2.24, 2.45) is 5.92 Å². The maximum absolute atomic E-state index is 12.6. The zero-order chi connectivity index (χ0) is 14.3. The fourth-order valence-corrected chi connectivity index (χ4v) is 4.24. The van der Waals surface area contributed by atoms with E-state index in [1.54, 1.807) is 14.0 Å². The Bertz CT molecular complexity index is 558. The van der Waals surface area contributed by atoms with E-state index in [0.717, 1.165) is 12.8 Å². The molecule has 3 N–H and O–H groups in total. The number of hydrogen-bond acceptors (Lipinski definition) is 4. The minimum absolute atomic E-state index is 0.274. The van der Waals surface area contributed by atoms with E-state index in [1.165, 1.54) is 0 Å². The summed E-state index contributed by atoms with van der Waals surface area (Å²) in [6, 6.07) is 0. The minimum atomic E-state index is -3.55. The molecular formula is C12H22N4O2S. The molecule has 1 aromatic rings. The number of rotatable bonds is 6. The van der Waals surface area contributed by atoms with Crippen LogP contribution in [0.5, 0.6) is 0 Å². The predicted octanol–water partition coefficient (Wildman–Crippen LogP) is 0.904. The molecule has 1 aliphatic rings. The van der Waals surface area contributed by atoms with Crippen molar-refractivity contribution in [3.8, 4) is 0 Å². The molecule has 19 heavy (non-hydrogen) atoms. The zero-order valence-corrected chi connectivity index (χ0v) is 12.7. The van der Waals surface area contributed by atoms with E-state index in [1.807, 2.05) is 13.8 Å². The topological polar surface area (TPSA) is 86.9 Å². The van der Waals surface area contributed by atoms with Crippen LogP contribution in [0.25, 0.3) is 0 Å². The van der Waals surface area contributed by atoms with Gasteiger partial charge in [-0.05, 0) is 46.6 Å². The van der Waals surface area contributed by atoms with E-state index >= 15 is 0 Å². The van der Waals surface area contributed by atoms with Crippen LogP contribution in [-0.2, 0) is 16.6 Å². The Kier molecular flexibility index (Phi) is 3.72. The van der Waals surface area contributed by atoms with Crippen LogP contribution in [0.3, 0.4) is 0 Å². The lowest BCUT2D eigenvalue weighted by Gasteiger charge is -2.25. The number of aromatic amines is 1. The van der Waals surface area contributed by atoms with Crippen LogP contribution in [0, 0.1) is 12.8 Å². The first-order valence-electron chi connectivity index (χ1n) is 6.50. The summed E-state index contributed by atoms with van der Waals surface area (Å²) in [5.74, 6) is 0.433. The fourth-order valence-electron chi connectivity index (χ4n) is 2.40. The van der Waals surface area contributed by atoms with Gasteiger partial charge in [-0.25, -0.2) is 13.1 Å². The Labute approximate surface area is 114 Å². The van der Waals surface area contributed by atoms with Crippen LogP contribution < -0.4 is 10.0 Å². The van der Waals surface area contributed by atoms with Crippen molar-refractivity contribution in [1.29, 1.82) is 0 Å². The first kappa shape index (κ1) is 14.5. The third-order valence-corrected chi connectivity index (χ3v) is 5.44. The summed E-state index contributed by atoms with van der Waals surface area (Å²) in [7, 11) is -1.78. The summed E-state index contributed by atoms with van der Waals surface area (Å²) in [5.41, 5.74) is 0.697.